The summed E-state index contributed by atoms with van der Waals surface area (Å²) in [5.74, 6) is 0.897. The Kier molecular flexibility index (Phi) is 3.08. The highest BCUT2D eigenvalue weighted by Crippen LogP contribution is 2.42. The molecular weight excluding hydrogens is 214 g/mol. The van der Waals surface area contributed by atoms with Gasteiger partial charge < -0.3 is 9.47 Å². The van der Waals surface area contributed by atoms with E-state index in [9.17, 15) is 0 Å². The number of nitrogens with zero attached hydrogens (tertiary/aromatic N) is 1. The number of benzene rings is 1. The molecule has 0 atom stereocenters. The van der Waals surface area contributed by atoms with Crippen molar-refractivity contribution in [2.24, 2.45) is 0 Å². The van der Waals surface area contributed by atoms with Gasteiger partial charge in [-0.05, 0) is 19.4 Å². The van der Waals surface area contributed by atoms with E-state index in [1.807, 2.05) is 6.92 Å². The SMILES string of the molecule is COc1c(C)cc(C)cc1C1(CC#N)COC1. The minimum absolute atomic E-state index is 0.170. The van der Waals surface area contributed by atoms with Gasteiger partial charge >= 0.3 is 0 Å². The van der Waals surface area contributed by atoms with Gasteiger partial charge in [0.05, 0.1) is 31.8 Å². The summed E-state index contributed by atoms with van der Waals surface area (Å²) >= 11 is 0. The molecule has 90 valence electrons. The van der Waals surface area contributed by atoms with Gasteiger partial charge in [-0.3, -0.25) is 0 Å². The van der Waals surface area contributed by atoms with Gasteiger partial charge in [0.15, 0.2) is 0 Å². The molecule has 0 spiro atoms. The fourth-order valence-corrected chi connectivity index (χ4v) is 2.47. The van der Waals surface area contributed by atoms with Gasteiger partial charge in [-0.15, -0.1) is 0 Å². The number of rotatable bonds is 3. The zero-order chi connectivity index (χ0) is 12.5. The molecule has 0 bridgehead atoms. The van der Waals surface area contributed by atoms with Crippen LogP contribution in [-0.4, -0.2) is 20.3 Å². The first-order valence-corrected chi connectivity index (χ1v) is 5.73. The van der Waals surface area contributed by atoms with Crippen molar-refractivity contribution in [3.63, 3.8) is 0 Å². The molecular formula is C14H17NO2. The molecule has 3 nitrogen and oxygen atoms in total. The van der Waals surface area contributed by atoms with Crippen LogP contribution in [0.15, 0.2) is 12.1 Å². The summed E-state index contributed by atoms with van der Waals surface area (Å²) in [4.78, 5) is 0. The second kappa shape index (κ2) is 4.38. The molecule has 2 rings (SSSR count). The van der Waals surface area contributed by atoms with E-state index < -0.39 is 0 Å². The van der Waals surface area contributed by atoms with Crippen molar-refractivity contribution in [2.45, 2.75) is 25.7 Å². The summed E-state index contributed by atoms with van der Waals surface area (Å²) in [5, 5.41) is 8.98. The van der Waals surface area contributed by atoms with Gasteiger partial charge in [-0.1, -0.05) is 17.7 Å². The minimum atomic E-state index is -0.170. The number of nitriles is 1. The lowest BCUT2D eigenvalue weighted by atomic mass is 9.75. The van der Waals surface area contributed by atoms with Crippen molar-refractivity contribution in [3.05, 3.63) is 28.8 Å². The van der Waals surface area contributed by atoms with Crippen molar-refractivity contribution < 1.29 is 9.47 Å². The molecule has 1 aliphatic rings. The average Bonchev–Trinajstić information content (AvgIpc) is 2.22. The fraction of sp³-hybridized carbons (Fsp3) is 0.500. The molecule has 0 N–H and O–H groups in total. The van der Waals surface area contributed by atoms with Crippen molar-refractivity contribution in [2.75, 3.05) is 20.3 Å². The molecule has 0 aliphatic carbocycles. The van der Waals surface area contributed by atoms with Crippen LogP contribution in [0.5, 0.6) is 5.75 Å². The normalized spacial score (nSPS) is 17.1. The van der Waals surface area contributed by atoms with Gasteiger partial charge in [-0.25, -0.2) is 0 Å². The second-order valence-electron chi connectivity index (χ2n) is 4.77. The van der Waals surface area contributed by atoms with Crippen molar-refractivity contribution in [3.8, 4) is 11.8 Å². The van der Waals surface area contributed by atoms with Gasteiger partial charge in [-0.2, -0.15) is 5.26 Å². The molecule has 1 aromatic carbocycles. The maximum Gasteiger partial charge on any atom is 0.125 e. The summed E-state index contributed by atoms with van der Waals surface area (Å²) in [6.07, 6.45) is 0.478. The van der Waals surface area contributed by atoms with E-state index in [-0.39, 0.29) is 5.41 Å². The topological polar surface area (TPSA) is 42.2 Å². The van der Waals surface area contributed by atoms with E-state index in [1.54, 1.807) is 7.11 Å². The first-order chi connectivity index (χ1) is 8.13. The lowest BCUT2D eigenvalue weighted by molar-refractivity contribution is -0.0586. The number of aryl methyl sites for hydroxylation is 2. The predicted molar refractivity (Wildman–Crippen MR) is 65.2 cm³/mol. The van der Waals surface area contributed by atoms with Crippen LogP contribution in [0.2, 0.25) is 0 Å². The average molecular weight is 231 g/mol. The zero-order valence-electron chi connectivity index (χ0n) is 10.5. The molecule has 0 amide bonds. The van der Waals surface area contributed by atoms with Gasteiger partial charge in [0.25, 0.3) is 0 Å². The van der Waals surface area contributed by atoms with E-state index in [0.29, 0.717) is 19.6 Å². The number of hydrogen-bond donors (Lipinski definition) is 0. The van der Waals surface area contributed by atoms with Crippen LogP contribution in [0.25, 0.3) is 0 Å². The second-order valence-corrected chi connectivity index (χ2v) is 4.77. The third-order valence-corrected chi connectivity index (χ3v) is 3.37. The van der Waals surface area contributed by atoms with Crippen molar-refractivity contribution >= 4 is 0 Å². The van der Waals surface area contributed by atoms with E-state index >= 15 is 0 Å². The van der Waals surface area contributed by atoms with Gasteiger partial charge in [0.2, 0.25) is 0 Å². The third-order valence-electron chi connectivity index (χ3n) is 3.37. The number of ether oxygens (including phenoxy) is 2. The number of methoxy groups -OCH3 is 1. The Labute approximate surface area is 102 Å². The van der Waals surface area contributed by atoms with Gasteiger partial charge in [0.1, 0.15) is 5.75 Å². The Morgan fingerprint density at radius 2 is 2.12 bits per heavy atom. The summed E-state index contributed by atoms with van der Waals surface area (Å²) in [5.41, 5.74) is 3.26. The predicted octanol–water partition coefficient (Wildman–Crippen LogP) is 2.49. The molecule has 0 saturated carbocycles. The van der Waals surface area contributed by atoms with Crippen LogP contribution >= 0.6 is 0 Å². The largest absolute Gasteiger partial charge is 0.496 e. The molecule has 0 aromatic heterocycles. The first kappa shape index (κ1) is 11.9. The van der Waals surface area contributed by atoms with E-state index in [4.69, 9.17) is 14.7 Å². The van der Waals surface area contributed by atoms with Crippen LogP contribution < -0.4 is 4.74 Å². The highest BCUT2D eigenvalue weighted by molar-refractivity contribution is 5.49. The Morgan fingerprint density at radius 1 is 1.41 bits per heavy atom. The molecule has 1 heterocycles. The Balaban J connectivity index is 2.53. The summed E-state index contributed by atoms with van der Waals surface area (Å²) < 4.78 is 10.8. The maximum absolute atomic E-state index is 8.98. The highest BCUT2D eigenvalue weighted by Gasteiger charge is 2.42. The quantitative estimate of drug-likeness (QED) is 0.802. The smallest absolute Gasteiger partial charge is 0.125 e. The lowest BCUT2D eigenvalue weighted by Crippen LogP contribution is -2.46. The molecule has 1 fully saturated rings. The van der Waals surface area contributed by atoms with Crippen molar-refractivity contribution in [1.82, 2.24) is 0 Å². The molecule has 0 radical (unpaired) electrons. The monoisotopic (exact) mass is 231 g/mol. The molecule has 17 heavy (non-hydrogen) atoms. The molecule has 3 heteroatoms. The molecule has 0 unspecified atom stereocenters. The first-order valence-electron chi connectivity index (χ1n) is 5.73. The van der Waals surface area contributed by atoms with Crippen LogP contribution in [0.3, 0.4) is 0 Å². The number of hydrogen-bond acceptors (Lipinski definition) is 3. The maximum atomic E-state index is 8.98. The zero-order valence-corrected chi connectivity index (χ0v) is 10.5. The summed E-state index contributed by atoms with van der Waals surface area (Å²) in [7, 11) is 1.68. The Morgan fingerprint density at radius 3 is 2.59 bits per heavy atom. The van der Waals surface area contributed by atoms with E-state index in [0.717, 1.165) is 16.9 Å². The Bertz CT molecular complexity index is 470. The molecule has 1 aromatic rings. The standard InChI is InChI=1S/C14H17NO2/c1-10-6-11(2)13(16-3)12(7-10)14(4-5-15)8-17-9-14/h6-7H,4,8-9H2,1-3H3. The summed E-state index contributed by atoms with van der Waals surface area (Å²) in [6.45, 7) is 5.32. The molecule has 1 aliphatic heterocycles. The minimum Gasteiger partial charge on any atom is -0.496 e. The van der Waals surface area contributed by atoms with Crippen molar-refractivity contribution in [1.29, 1.82) is 5.26 Å². The third kappa shape index (κ3) is 1.89. The summed E-state index contributed by atoms with van der Waals surface area (Å²) in [6, 6.07) is 6.48. The van der Waals surface area contributed by atoms with Crippen LogP contribution in [0, 0.1) is 25.2 Å². The van der Waals surface area contributed by atoms with Crippen LogP contribution in [-0.2, 0) is 10.2 Å². The fourth-order valence-electron chi connectivity index (χ4n) is 2.47. The Hall–Kier alpha value is -1.53. The van der Waals surface area contributed by atoms with E-state index in [2.05, 4.69) is 25.1 Å². The highest BCUT2D eigenvalue weighted by atomic mass is 16.5. The van der Waals surface area contributed by atoms with E-state index in [1.165, 1.54) is 5.56 Å². The lowest BCUT2D eigenvalue weighted by Gasteiger charge is -2.41. The van der Waals surface area contributed by atoms with Crippen LogP contribution in [0.1, 0.15) is 23.1 Å². The van der Waals surface area contributed by atoms with Crippen LogP contribution in [0.4, 0.5) is 0 Å². The van der Waals surface area contributed by atoms with Gasteiger partial charge in [0, 0.05) is 12.0 Å². The molecule has 1 saturated heterocycles.